The number of hydrogen-bond donors (Lipinski definition) is 0. The summed E-state index contributed by atoms with van der Waals surface area (Å²) in [5.74, 6) is 6.63. The highest BCUT2D eigenvalue weighted by Crippen LogP contribution is 1.97. The van der Waals surface area contributed by atoms with Crippen molar-refractivity contribution in [3.8, 4) is 11.8 Å². The number of rotatable bonds is 2. The minimum absolute atomic E-state index is 0.681. The minimum atomic E-state index is 0.681. The Morgan fingerprint density at radius 1 is 1.55 bits per heavy atom. The van der Waals surface area contributed by atoms with Gasteiger partial charge in [0.1, 0.15) is 6.26 Å². The van der Waals surface area contributed by atoms with Crippen LogP contribution in [0.3, 0.4) is 0 Å². The summed E-state index contributed by atoms with van der Waals surface area (Å²) in [6, 6.07) is 1.84. The van der Waals surface area contributed by atoms with Crippen molar-refractivity contribution in [2.24, 2.45) is 0 Å². The van der Waals surface area contributed by atoms with Crippen molar-refractivity contribution in [1.82, 2.24) is 0 Å². The van der Waals surface area contributed by atoms with Crippen LogP contribution >= 0.6 is 11.6 Å². The zero-order valence-electron chi connectivity index (χ0n) is 6.14. The highest BCUT2D eigenvalue weighted by Gasteiger charge is 1.84. The van der Waals surface area contributed by atoms with Crippen molar-refractivity contribution in [3.63, 3.8) is 0 Å². The largest absolute Gasteiger partial charge is 0.471 e. The van der Waals surface area contributed by atoms with Crippen LogP contribution in [0.2, 0.25) is 0 Å². The van der Waals surface area contributed by atoms with Crippen molar-refractivity contribution >= 4 is 11.6 Å². The molecule has 0 aliphatic carbocycles. The Morgan fingerprint density at radius 3 is 3.09 bits per heavy atom. The highest BCUT2D eigenvalue weighted by atomic mass is 35.5. The number of hydrogen-bond acceptors (Lipinski definition) is 1. The number of halogens is 1. The second-order valence-electron chi connectivity index (χ2n) is 2.11. The lowest BCUT2D eigenvalue weighted by Gasteiger charge is -1.81. The van der Waals surface area contributed by atoms with Crippen LogP contribution in [-0.2, 0) is 0 Å². The molecule has 0 amide bonds. The summed E-state index contributed by atoms with van der Waals surface area (Å²) >= 11 is 5.48. The Hall–Kier alpha value is -0.870. The molecule has 0 spiro atoms. The molecule has 0 saturated carbocycles. The van der Waals surface area contributed by atoms with Crippen LogP contribution in [0, 0.1) is 11.8 Å². The SMILES string of the molecule is ClCCCC#Cc1ccoc1. The van der Waals surface area contributed by atoms with Gasteiger partial charge in [-0.15, -0.1) is 11.6 Å². The fraction of sp³-hybridized carbons (Fsp3) is 0.333. The monoisotopic (exact) mass is 168 g/mol. The molecule has 0 radical (unpaired) electrons. The van der Waals surface area contributed by atoms with Gasteiger partial charge in [0.2, 0.25) is 0 Å². The second kappa shape index (κ2) is 4.87. The molecule has 11 heavy (non-hydrogen) atoms. The molecule has 0 fully saturated rings. The molecule has 58 valence electrons. The van der Waals surface area contributed by atoms with Gasteiger partial charge < -0.3 is 4.42 Å². The molecular weight excluding hydrogens is 160 g/mol. The lowest BCUT2D eigenvalue weighted by molar-refractivity contribution is 0.566. The van der Waals surface area contributed by atoms with E-state index in [1.54, 1.807) is 12.5 Å². The molecule has 0 aromatic carbocycles. The molecule has 1 nitrogen and oxygen atoms in total. The summed E-state index contributed by atoms with van der Waals surface area (Å²) in [7, 11) is 0. The lowest BCUT2D eigenvalue weighted by Crippen LogP contribution is -1.71. The molecule has 0 N–H and O–H groups in total. The van der Waals surface area contributed by atoms with Crippen molar-refractivity contribution in [1.29, 1.82) is 0 Å². The van der Waals surface area contributed by atoms with E-state index in [0.717, 1.165) is 18.4 Å². The molecule has 1 aromatic rings. The zero-order valence-corrected chi connectivity index (χ0v) is 6.90. The van der Waals surface area contributed by atoms with E-state index >= 15 is 0 Å². The normalized spacial score (nSPS) is 8.82. The maximum atomic E-state index is 5.48. The van der Waals surface area contributed by atoms with E-state index in [-0.39, 0.29) is 0 Å². The lowest BCUT2D eigenvalue weighted by atomic mass is 10.3. The van der Waals surface area contributed by atoms with Gasteiger partial charge in [0.15, 0.2) is 0 Å². The van der Waals surface area contributed by atoms with E-state index in [4.69, 9.17) is 16.0 Å². The Balaban J connectivity index is 2.33. The van der Waals surface area contributed by atoms with Crippen molar-refractivity contribution < 1.29 is 4.42 Å². The first-order valence-corrected chi connectivity index (χ1v) is 4.04. The zero-order chi connectivity index (χ0) is 7.94. The Morgan fingerprint density at radius 2 is 2.45 bits per heavy atom. The van der Waals surface area contributed by atoms with Gasteiger partial charge >= 0.3 is 0 Å². The summed E-state index contributed by atoms with van der Waals surface area (Å²) in [5, 5.41) is 0. The predicted octanol–water partition coefficient (Wildman–Crippen LogP) is 2.65. The number of unbranched alkanes of at least 4 members (excludes halogenated alkanes) is 1. The van der Waals surface area contributed by atoms with E-state index in [0.29, 0.717) is 5.88 Å². The average molecular weight is 169 g/mol. The van der Waals surface area contributed by atoms with Crippen LogP contribution in [0.15, 0.2) is 23.0 Å². The Bertz CT molecular complexity index is 240. The van der Waals surface area contributed by atoms with Gasteiger partial charge in [-0.1, -0.05) is 11.8 Å². The molecule has 1 aromatic heterocycles. The van der Waals surface area contributed by atoms with Gasteiger partial charge in [-0.25, -0.2) is 0 Å². The van der Waals surface area contributed by atoms with Crippen LogP contribution < -0.4 is 0 Å². The van der Waals surface area contributed by atoms with E-state index in [2.05, 4.69) is 11.8 Å². The molecule has 0 aliphatic rings. The Labute approximate surface area is 71.4 Å². The van der Waals surface area contributed by atoms with Crippen LogP contribution in [0.4, 0.5) is 0 Å². The van der Waals surface area contributed by atoms with Crippen molar-refractivity contribution in [2.45, 2.75) is 12.8 Å². The Kier molecular flexibility index (Phi) is 3.64. The van der Waals surface area contributed by atoms with E-state index in [9.17, 15) is 0 Å². The first-order valence-electron chi connectivity index (χ1n) is 3.50. The average Bonchev–Trinajstić information content (AvgIpc) is 2.50. The molecular formula is C9H9ClO. The molecule has 1 heterocycles. The van der Waals surface area contributed by atoms with E-state index < -0.39 is 0 Å². The molecule has 2 heteroatoms. The topological polar surface area (TPSA) is 13.1 Å². The summed E-state index contributed by atoms with van der Waals surface area (Å²) in [6.45, 7) is 0. The first-order chi connectivity index (χ1) is 5.43. The third-order valence-corrected chi connectivity index (χ3v) is 1.46. The first kappa shape index (κ1) is 8.23. The predicted molar refractivity (Wildman–Crippen MR) is 45.5 cm³/mol. The van der Waals surface area contributed by atoms with E-state index in [1.807, 2.05) is 6.07 Å². The highest BCUT2D eigenvalue weighted by molar-refractivity contribution is 6.17. The summed E-state index contributed by atoms with van der Waals surface area (Å²) in [4.78, 5) is 0. The quantitative estimate of drug-likeness (QED) is 0.376. The number of furan rings is 1. The summed E-state index contributed by atoms with van der Waals surface area (Å²) in [6.07, 6.45) is 5.06. The molecule has 0 unspecified atom stereocenters. The molecule has 0 aliphatic heterocycles. The number of alkyl halides is 1. The van der Waals surface area contributed by atoms with E-state index in [1.165, 1.54) is 0 Å². The van der Waals surface area contributed by atoms with Crippen LogP contribution in [0.25, 0.3) is 0 Å². The standard InChI is InChI=1S/C9H9ClO/c10-6-3-1-2-4-9-5-7-11-8-9/h5,7-8H,1,3,6H2. The third kappa shape index (κ3) is 3.15. The van der Waals surface area contributed by atoms with Crippen molar-refractivity contribution in [3.05, 3.63) is 24.2 Å². The fourth-order valence-corrected chi connectivity index (χ4v) is 0.789. The second-order valence-corrected chi connectivity index (χ2v) is 2.48. The van der Waals surface area contributed by atoms with Gasteiger partial charge in [-0.2, -0.15) is 0 Å². The molecule has 0 bridgehead atoms. The summed E-state index contributed by atoms with van der Waals surface area (Å²) < 4.78 is 4.84. The molecule has 1 rings (SSSR count). The van der Waals surface area contributed by atoms with Gasteiger partial charge in [0.05, 0.1) is 11.8 Å². The van der Waals surface area contributed by atoms with Gasteiger partial charge in [0, 0.05) is 12.3 Å². The summed E-state index contributed by atoms with van der Waals surface area (Å²) in [5.41, 5.74) is 0.930. The third-order valence-electron chi connectivity index (χ3n) is 1.19. The fourth-order valence-electron chi connectivity index (χ4n) is 0.655. The van der Waals surface area contributed by atoms with Gasteiger partial charge in [0.25, 0.3) is 0 Å². The maximum absolute atomic E-state index is 5.48. The smallest absolute Gasteiger partial charge is 0.106 e. The minimum Gasteiger partial charge on any atom is -0.471 e. The van der Waals surface area contributed by atoms with Crippen LogP contribution in [0.5, 0.6) is 0 Å². The van der Waals surface area contributed by atoms with Crippen LogP contribution in [-0.4, -0.2) is 5.88 Å². The van der Waals surface area contributed by atoms with Crippen molar-refractivity contribution in [2.75, 3.05) is 5.88 Å². The maximum Gasteiger partial charge on any atom is 0.106 e. The van der Waals surface area contributed by atoms with Gasteiger partial charge in [-0.05, 0) is 12.5 Å². The van der Waals surface area contributed by atoms with Crippen LogP contribution in [0.1, 0.15) is 18.4 Å². The van der Waals surface area contributed by atoms with Gasteiger partial charge in [-0.3, -0.25) is 0 Å². The molecule has 0 atom stereocenters. The molecule has 0 saturated heterocycles.